The third-order valence-corrected chi connectivity index (χ3v) is 3.09. The van der Waals surface area contributed by atoms with E-state index in [2.05, 4.69) is 16.9 Å². The van der Waals surface area contributed by atoms with Crippen LogP contribution in [-0.2, 0) is 14.3 Å². The van der Waals surface area contributed by atoms with Crippen molar-refractivity contribution >= 4 is 23.7 Å². The van der Waals surface area contributed by atoms with E-state index in [1.165, 1.54) is 12.3 Å². The molecule has 1 aromatic rings. The molecule has 0 aliphatic rings. The van der Waals surface area contributed by atoms with Crippen LogP contribution in [0.4, 0.5) is 4.79 Å². The molecule has 1 rings (SSSR count). The molecule has 6 nitrogen and oxygen atoms in total. The lowest BCUT2D eigenvalue weighted by Crippen LogP contribution is -2.41. The van der Waals surface area contributed by atoms with E-state index in [1.54, 1.807) is 39.8 Å². The molecule has 1 aromatic heterocycles. The number of halogens is 1. The van der Waals surface area contributed by atoms with E-state index in [0.29, 0.717) is 10.7 Å². The van der Waals surface area contributed by atoms with E-state index in [4.69, 9.17) is 21.1 Å². The number of carbonyl (C=O) groups is 2. The number of amides is 1. The van der Waals surface area contributed by atoms with Crippen molar-refractivity contribution < 1.29 is 19.1 Å². The second-order valence-electron chi connectivity index (χ2n) is 6.07. The van der Waals surface area contributed by atoms with Gasteiger partial charge in [0.15, 0.2) is 0 Å². The smallest absolute Gasteiger partial charge is 0.408 e. The minimum Gasteiger partial charge on any atom is -0.455 e. The van der Waals surface area contributed by atoms with Gasteiger partial charge in [0.25, 0.3) is 0 Å². The topological polar surface area (TPSA) is 77.5 Å². The Bertz CT molecular complexity index is 598. The van der Waals surface area contributed by atoms with Gasteiger partial charge in [-0.05, 0) is 39.0 Å². The van der Waals surface area contributed by atoms with E-state index in [0.717, 1.165) is 0 Å². The Labute approximate surface area is 147 Å². The molecule has 0 aliphatic carbocycles. The number of hydrogen-bond donors (Lipinski definition) is 1. The van der Waals surface area contributed by atoms with Gasteiger partial charge >= 0.3 is 12.1 Å². The Kier molecular flexibility index (Phi) is 7.22. The third kappa shape index (κ3) is 6.58. The lowest BCUT2D eigenvalue weighted by Gasteiger charge is -2.27. The number of rotatable bonds is 6. The Hall–Kier alpha value is -2.08. The first-order valence-corrected chi connectivity index (χ1v) is 7.97. The highest BCUT2D eigenvalue weighted by Gasteiger charge is 2.29. The number of carbonyl (C=O) groups excluding carboxylic acids is 2. The predicted octanol–water partition coefficient (Wildman–Crippen LogP) is 3.81. The van der Waals surface area contributed by atoms with Crippen molar-refractivity contribution in [1.29, 1.82) is 0 Å². The highest BCUT2D eigenvalue weighted by Crippen LogP contribution is 2.22. The Morgan fingerprint density at radius 3 is 2.62 bits per heavy atom. The average molecular weight is 355 g/mol. The summed E-state index contributed by atoms with van der Waals surface area (Å²) in [4.78, 5) is 28.0. The highest BCUT2D eigenvalue weighted by molar-refractivity contribution is 6.30. The molecule has 0 aliphatic heterocycles. The van der Waals surface area contributed by atoms with Crippen molar-refractivity contribution in [1.82, 2.24) is 10.3 Å². The second-order valence-corrected chi connectivity index (χ2v) is 6.50. The van der Waals surface area contributed by atoms with Crippen LogP contribution in [0.2, 0.25) is 5.02 Å². The first-order chi connectivity index (χ1) is 11.2. The molecule has 0 unspecified atom stereocenters. The fourth-order valence-corrected chi connectivity index (χ4v) is 2.01. The van der Waals surface area contributed by atoms with E-state index < -0.39 is 29.8 Å². The summed E-state index contributed by atoms with van der Waals surface area (Å²) in [5, 5.41) is 3.11. The molecule has 1 heterocycles. The zero-order valence-corrected chi connectivity index (χ0v) is 15.1. The summed E-state index contributed by atoms with van der Waals surface area (Å²) in [6.07, 6.45) is 1.66. The van der Waals surface area contributed by atoms with Crippen LogP contribution in [0, 0.1) is 0 Å². The average Bonchev–Trinajstić information content (AvgIpc) is 2.48. The van der Waals surface area contributed by atoms with Crippen LogP contribution in [-0.4, -0.2) is 28.8 Å². The van der Waals surface area contributed by atoms with Gasteiger partial charge in [-0.2, -0.15) is 0 Å². The largest absolute Gasteiger partial charge is 0.455 e. The number of ether oxygens (including phenoxy) is 2. The zero-order valence-electron chi connectivity index (χ0n) is 14.3. The van der Waals surface area contributed by atoms with Gasteiger partial charge in [0.1, 0.15) is 17.7 Å². The van der Waals surface area contributed by atoms with Crippen molar-refractivity contribution in [2.75, 3.05) is 0 Å². The molecule has 7 heteroatoms. The summed E-state index contributed by atoms with van der Waals surface area (Å²) in [6, 6.07) is 2.42. The number of esters is 1. The Balaban J connectivity index is 3.08. The van der Waals surface area contributed by atoms with Gasteiger partial charge in [0, 0.05) is 17.6 Å². The fourth-order valence-electron chi connectivity index (χ4n) is 1.84. The van der Waals surface area contributed by atoms with E-state index in [9.17, 15) is 9.59 Å². The first kappa shape index (κ1) is 20.0. The van der Waals surface area contributed by atoms with Crippen molar-refractivity contribution in [3.8, 4) is 0 Å². The van der Waals surface area contributed by atoms with Crippen LogP contribution in [0.25, 0.3) is 0 Å². The molecular formula is C17H23ClN2O4. The standard InChI is InChI=1S/C17H23ClN2O4/c1-6-13(23-14(21)7-2)15(12-10-11(18)8-9-19-12)20-16(22)24-17(3,4)5/h6,8-10,13,15H,1,7H2,2-5H3,(H,20,22)/t13-,15+/m0/s1. The monoisotopic (exact) mass is 354 g/mol. The van der Waals surface area contributed by atoms with Crippen LogP contribution < -0.4 is 5.32 Å². The molecule has 0 spiro atoms. The van der Waals surface area contributed by atoms with E-state index >= 15 is 0 Å². The maximum absolute atomic E-state index is 12.1. The Morgan fingerprint density at radius 1 is 1.46 bits per heavy atom. The van der Waals surface area contributed by atoms with E-state index in [1.807, 2.05) is 0 Å². The normalized spacial score (nSPS) is 13.5. The summed E-state index contributed by atoms with van der Waals surface area (Å²) in [5.41, 5.74) is -0.234. The van der Waals surface area contributed by atoms with Crippen molar-refractivity contribution in [3.05, 3.63) is 41.7 Å². The fraction of sp³-hybridized carbons (Fsp3) is 0.471. The van der Waals surface area contributed by atoms with Gasteiger partial charge in [0.05, 0.1) is 5.69 Å². The maximum atomic E-state index is 12.1. The highest BCUT2D eigenvalue weighted by atomic mass is 35.5. The third-order valence-electron chi connectivity index (χ3n) is 2.85. The molecule has 1 amide bonds. The number of alkyl carbamates (subject to hydrolysis) is 1. The molecule has 0 aromatic carbocycles. The minimum atomic E-state index is -0.809. The van der Waals surface area contributed by atoms with Gasteiger partial charge in [-0.15, -0.1) is 0 Å². The number of aromatic nitrogens is 1. The lowest BCUT2D eigenvalue weighted by atomic mass is 10.1. The molecule has 2 atom stereocenters. The van der Waals surface area contributed by atoms with Crippen LogP contribution in [0.15, 0.2) is 31.0 Å². The molecule has 132 valence electrons. The number of nitrogens with zero attached hydrogens (tertiary/aromatic N) is 1. The van der Waals surface area contributed by atoms with E-state index in [-0.39, 0.29) is 6.42 Å². The molecule has 0 saturated carbocycles. The van der Waals surface area contributed by atoms with Crippen LogP contribution in [0.1, 0.15) is 45.9 Å². The molecule has 1 N–H and O–H groups in total. The van der Waals surface area contributed by atoms with Gasteiger partial charge in [0.2, 0.25) is 0 Å². The quantitative estimate of drug-likeness (QED) is 0.620. The summed E-state index contributed by atoms with van der Waals surface area (Å²) < 4.78 is 10.6. The Morgan fingerprint density at radius 2 is 2.12 bits per heavy atom. The molecule has 0 fully saturated rings. The summed E-state index contributed by atoms with van der Waals surface area (Å²) >= 11 is 6.00. The zero-order chi connectivity index (χ0) is 18.3. The van der Waals surface area contributed by atoms with Gasteiger partial charge in [-0.25, -0.2) is 4.79 Å². The molecule has 0 radical (unpaired) electrons. The van der Waals surface area contributed by atoms with Crippen molar-refractivity contribution in [2.45, 2.75) is 51.9 Å². The van der Waals surface area contributed by atoms with Crippen LogP contribution in [0.5, 0.6) is 0 Å². The first-order valence-electron chi connectivity index (χ1n) is 7.59. The minimum absolute atomic E-state index is 0.201. The number of nitrogens with one attached hydrogen (secondary N) is 1. The van der Waals surface area contributed by atoms with Gasteiger partial charge in [-0.1, -0.05) is 25.1 Å². The number of pyridine rings is 1. The van der Waals surface area contributed by atoms with Crippen molar-refractivity contribution in [2.24, 2.45) is 0 Å². The molecule has 0 bridgehead atoms. The van der Waals surface area contributed by atoms with Gasteiger partial charge in [-0.3, -0.25) is 9.78 Å². The van der Waals surface area contributed by atoms with Crippen LogP contribution in [0.3, 0.4) is 0 Å². The maximum Gasteiger partial charge on any atom is 0.408 e. The second kappa shape index (κ2) is 8.68. The lowest BCUT2D eigenvalue weighted by molar-refractivity contribution is -0.147. The number of hydrogen-bond acceptors (Lipinski definition) is 5. The molecule has 0 saturated heterocycles. The summed E-state index contributed by atoms with van der Waals surface area (Å²) in [5.74, 6) is -0.419. The summed E-state index contributed by atoms with van der Waals surface area (Å²) in [6.45, 7) is 10.6. The summed E-state index contributed by atoms with van der Waals surface area (Å²) in [7, 11) is 0. The SMILES string of the molecule is C=C[C@H](OC(=O)CC)[C@H](NC(=O)OC(C)(C)C)c1cc(Cl)ccn1. The van der Waals surface area contributed by atoms with Gasteiger partial charge < -0.3 is 14.8 Å². The molecular weight excluding hydrogens is 332 g/mol. The predicted molar refractivity (Wildman–Crippen MR) is 91.7 cm³/mol. The van der Waals surface area contributed by atoms with Crippen LogP contribution >= 0.6 is 11.6 Å². The molecule has 24 heavy (non-hydrogen) atoms. The van der Waals surface area contributed by atoms with Crippen molar-refractivity contribution in [3.63, 3.8) is 0 Å².